The molecule has 0 radical (unpaired) electrons. The lowest BCUT2D eigenvalue weighted by atomic mass is 10.2. The van der Waals surface area contributed by atoms with Crippen molar-refractivity contribution < 1.29 is 22.7 Å². The average Bonchev–Trinajstić information content (AvgIpc) is 3.09. The summed E-state index contributed by atoms with van der Waals surface area (Å²) in [5.41, 5.74) is 1.70. The number of amides is 1. The lowest BCUT2D eigenvalue weighted by Crippen LogP contribution is -2.25. The summed E-state index contributed by atoms with van der Waals surface area (Å²) >= 11 is 8.30. The molecule has 0 bridgehead atoms. The number of hydrogen-bond donors (Lipinski definition) is 1. The summed E-state index contributed by atoms with van der Waals surface area (Å²) in [6.45, 7) is 0.0121. The Hall–Kier alpha value is -1.91. The van der Waals surface area contributed by atoms with E-state index < -0.39 is 18.0 Å². The Morgan fingerprint density at radius 3 is 2.72 bits per heavy atom. The molecule has 1 amide bonds. The van der Waals surface area contributed by atoms with Gasteiger partial charge in [0.15, 0.2) is 0 Å². The Morgan fingerprint density at radius 1 is 1.28 bits per heavy atom. The number of pyridine rings is 1. The van der Waals surface area contributed by atoms with Gasteiger partial charge in [-0.05, 0) is 52.4 Å². The average molecular weight is 555 g/mol. The zero-order chi connectivity index (χ0) is 21.0. The third kappa shape index (κ3) is 5.58. The highest BCUT2D eigenvalue weighted by Gasteiger charge is 2.32. The molecule has 2 aromatic heterocycles. The zero-order valence-electron chi connectivity index (χ0n) is 14.4. The molecule has 12 heteroatoms. The first-order chi connectivity index (χ1) is 13.8. The maximum atomic E-state index is 12.5. The van der Waals surface area contributed by atoms with E-state index in [4.69, 9.17) is 11.6 Å². The molecule has 1 aromatic carbocycles. The number of carbonyl (C=O) groups is 1. The van der Waals surface area contributed by atoms with Crippen molar-refractivity contribution in [2.24, 2.45) is 0 Å². The van der Waals surface area contributed by atoms with Crippen LogP contribution in [0.1, 0.15) is 16.1 Å². The van der Waals surface area contributed by atoms with Crippen molar-refractivity contribution in [3.05, 3.63) is 65.1 Å². The van der Waals surface area contributed by atoms with Crippen LogP contribution in [0.25, 0.3) is 11.3 Å². The molecular weight excluding hydrogens is 543 g/mol. The van der Waals surface area contributed by atoms with Gasteiger partial charge >= 0.3 is 6.36 Å². The first kappa shape index (κ1) is 21.8. The minimum absolute atomic E-state index is 0.0121. The maximum absolute atomic E-state index is 12.5. The van der Waals surface area contributed by atoms with Crippen LogP contribution in [0, 0.1) is 0 Å². The molecule has 1 unspecified atom stereocenters. The van der Waals surface area contributed by atoms with Gasteiger partial charge in [0, 0.05) is 11.8 Å². The smallest absolute Gasteiger partial charge is 0.405 e. The lowest BCUT2D eigenvalue weighted by molar-refractivity contribution is -0.274. The van der Waals surface area contributed by atoms with Gasteiger partial charge < -0.3 is 10.1 Å². The predicted molar refractivity (Wildman–Crippen MR) is 112 cm³/mol. The SMILES string of the molecule is O=C(NCc1cc(-c2cccnc2Cl)n(PI)n1)c1ccccc1OC(F)(F)F. The molecule has 0 fully saturated rings. The van der Waals surface area contributed by atoms with E-state index in [0.29, 0.717) is 16.4 Å². The summed E-state index contributed by atoms with van der Waals surface area (Å²) < 4.78 is 43.2. The van der Waals surface area contributed by atoms with E-state index in [1.54, 1.807) is 28.8 Å². The van der Waals surface area contributed by atoms with Gasteiger partial charge in [0.1, 0.15) is 10.9 Å². The molecule has 0 spiro atoms. The highest BCUT2D eigenvalue weighted by atomic mass is 127. The lowest BCUT2D eigenvalue weighted by Gasteiger charge is -2.12. The number of rotatable bonds is 6. The van der Waals surface area contributed by atoms with Crippen LogP contribution in [0.5, 0.6) is 5.75 Å². The van der Waals surface area contributed by atoms with Gasteiger partial charge in [-0.3, -0.25) is 4.79 Å². The summed E-state index contributed by atoms with van der Waals surface area (Å²) in [6.07, 6.45) is -3.06. The number of benzene rings is 1. The standard InChI is InChI=1S/C17H12ClF3IN4O2P/c18-15-11(5-3-7-23-15)13-8-10(25-26(13)29-22)9-24-16(27)12-4-1-2-6-14(12)28-17(19,20)21/h1-8,29H,9H2,(H,24,27). The Morgan fingerprint density at radius 2 is 2.03 bits per heavy atom. The Balaban J connectivity index is 1.78. The van der Waals surface area contributed by atoms with Crippen LogP contribution in [-0.2, 0) is 6.54 Å². The van der Waals surface area contributed by atoms with E-state index in [1.807, 2.05) is 0 Å². The summed E-state index contributed by atoms with van der Waals surface area (Å²) in [7, 11) is 0. The van der Waals surface area contributed by atoms with E-state index >= 15 is 0 Å². The quantitative estimate of drug-likeness (QED) is 0.258. The Labute approximate surface area is 183 Å². The van der Waals surface area contributed by atoms with Gasteiger partial charge in [0.2, 0.25) is 0 Å². The molecular formula is C17H12ClF3IN4O2P. The van der Waals surface area contributed by atoms with Crippen molar-refractivity contribution in [2.45, 2.75) is 12.9 Å². The molecule has 1 N–H and O–H groups in total. The molecule has 3 rings (SSSR count). The fourth-order valence-corrected chi connectivity index (χ4v) is 4.25. The largest absolute Gasteiger partial charge is 0.573 e. The molecule has 0 saturated heterocycles. The third-order valence-corrected chi connectivity index (χ3v) is 5.84. The number of alkyl halides is 3. The van der Waals surface area contributed by atoms with Crippen LogP contribution >= 0.6 is 40.0 Å². The van der Waals surface area contributed by atoms with E-state index in [9.17, 15) is 18.0 Å². The van der Waals surface area contributed by atoms with Crippen molar-refractivity contribution in [3.63, 3.8) is 0 Å². The second-order valence-electron chi connectivity index (χ2n) is 5.59. The monoisotopic (exact) mass is 554 g/mol. The van der Waals surface area contributed by atoms with Gasteiger partial charge in [-0.15, -0.1) is 13.2 Å². The first-order valence-corrected chi connectivity index (χ1v) is 12.4. The van der Waals surface area contributed by atoms with Crippen LogP contribution in [0.3, 0.4) is 0 Å². The van der Waals surface area contributed by atoms with Gasteiger partial charge in [-0.1, -0.05) is 23.7 Å². The third-order valence-electron chi connectivity index (χ3n) is 3.66. The minimum Gasteiger partial charge on any atom is -0.405 e. The highest BCUT2D eigenvalue weighted by Crippen LogP contribution is 2.34. The van der Waals surface area contributed by atoms with Crippen LogP contribution in [0.15, 0.2) is 48.7 Å². The summed E-state index contributed by atoms with van der Waals surface area (Å²) in [5, 5.41) is 7.28. The number of aromatic nitrogens is 3. The zero-order valence-corrected chi connectivity index (χ0v) is 18.3. The number of ether oxygens (including phenoxy) is 1. The summed E-state index contributed by atoms with van der Waals surface area (Å²) in [4.78, 5) is 16.4. The molecule has 0 aliphatic carbocycles. The number of nitrogens with one attached hydrogen (secondary N) is 1. The number of carbonyl (C=O) groups excluding carboxylic acids is 1. The number of hydrogen-bond acceptors (Lipinski definition) is 4. The van der Waals surface area contributed by atoms with E-state index in [-0.39, 0.29) is 18.5 Å². The summed E-state index contributed by atoms with van der Waals surface area (Å²) in [6, 6.07) is 10.4. The molecule has 152 valence electrons. The molecule has 29 heavy (non-hydrogen) atoms. The molecule has 0 aliphatic heterocycles. The van der Waals surface area contributed by atoms with E-state index in [0.717, 1.165) is 11.8 Å². The van der Waals surface area contributed by atoms with Gasteiger partial charge in [0.25, 0.3) is 5.91 Å². The number of halogens is 5. The van der Waals surface area contributed by atoms with Crippen LogP contribution in [-0.4, -0.2) is 26.8 Å². The second kappa shape index (κ2) is 9.27. The van der Waals surface area contributed by atoms with Gasteiger partial charge in [-0.25, -0.2) is 9.44 Å². The van der Waals surface area contributed by atoms with Crippen LogP contribution in [0.2, 0.25) is 5.15 Å². The van der Waals surface area contributed by atoms with Crippen molar-refractivity contribution in [1.82, 2.24) is 19.9 Å². The highest BCUT2D eigenvalue weighted by molar-refractivity contribution is 14.2. The molecule has 3 aromatic rings. The topological polar surface area (TPSA) is 69.0 Å². The Bertz CT molecular complexity index is 1030. The van der Waals surface area contributed by atoms with Crippen molar-refractivity contribution in [1.29, 1.82) is 0 Å². The van der Waals surface area contributed by atoms with E-state index in [1.165, 1.54) is 18.2 Å². The fourth-order valence-electron chi connectivity index (χ4n) is 2.48. The maximum Gasteiger partial charge on any atom is 0.573 e. The minimum atomic E-state index is -4.89. The second-order valence-corrected chi connectivity index (χ2v) is 7.98. The molecule has 0 saturated carbocycles. The Kier molecular flexibility index (Phi) is 6.97. The molecule has 0 aliphatic rings. The number of para-hydroxylation sites is 1. The molecule has 2 heterocycles. The molecule has 6 nitrogen and oxygen atoms in total. The summed E-state index contributed by atoms with van der Waals surface area (Å²) in [5.74, 6) is -1.28. The van der Waals surface area contributed by atoms with Gasteiger partial charge in [-0.2, -0.15) is 5.10 Å². The predicted octanol–water partition coefficient (Wildman–Crippen LogP) is 5.22. The fraction of sp³-hybridized carbons (Fsp3) is 0.118. The first-order valence-electron chi connectivity index (χ1n) is 7.98. The van der Waals surface area contributed by atoms with Gasteiger partial charge in [0.05, 0.1) is 29.9 Å². The van der Waals surface area contributed by atoms with E-state index in [2.05, 4.69) is 42.2 Å². The van der Waals surface area contributed by atoms with Crippen LogP contribution in [0.4, 0.5) is 13.2 Å². The van der Waals surface area contributed by atoms with Crippen molar-refractivity contribution >= 4 is 45.9 Å². The van der Waals surface area contributed by atoms with Crippen molar-refractivity contribution in [2.75, 3.05) is 0 Å². The number of nitrogens with zero attached hydrogens (tertiary/aromatic N) is 3. The van der Waals surface area contributed by atoms with Crippen LogP contribution < -0.4 is 10.1 Å². The molecule has 1 atom stereocenters. The van der Waals surface area contributed by atoms with Crippen molar-refractivity contribution in [3.8, 4) is 17.0 Å². The normalized spacial score (nSPS) is 11.8.